The number of benzene rings is 1. The summed E-state index contributed by atoms with van der Waals surface area (Å²) in [6.45, 7) is 7.26. The molecule has 1 aromatic rings. The van der Waals surface area contributed by atoms with Crippen LogP contribution in [0.5, 0.6) is 0 Å². The molecule has 0 unspecified atom stereocenters. The molecular formula is C11H13O3. The highest BCUT2D eigenvalue weighted by Gasteiger charge is 2.11. The highest BCUT2D eigenvalue weighted by atomic mass is 17.2. The predicted molar refractivity (Wildman–Crippen MR) is 52.6 cm³/mol. The van der Waals surface area contributed by atoms with E-state index in [-0.39, 0.29) is 6.61 Å². The lowest BCUT2D eigenvalue weighted by Crippen LogP contribution is -2.08. The van der Waals surface area contributed by atoms with Crippen LogP contribution in [0.4, 0.5) is 0 Å². The molecular weight excluding hydrogens is 180 g/mol. The van der Waals surface area contributed by atoms with E-state index in [0.29, 0.717) is 5.56 Å². The molecule has 0 saturated carbocycles. The van der Waals surface area contributed by atoms with E-state index in [1.165, 1.54) is 0 Å². The second-order valence-electron chi connectivity index (χ2n) is 3.01. The van der Waals surface area contributed by atoms with Crippen molar-refractivity contribution in [3.8, 4) is 0 Å². The van der Waals surface area contributed by atoms with Gasteiger partial charge in [0.2, 0.25) is 0 Å². The molecule has 0 atom stereocenters. The largest absolute Gasteiger partial charge is 0.373 e. The first-order chi connectivity index (χ1) is 6.65. The maximum atomic E-state index is 11.4. The van der Waals surface area contributed by atoms with Crippen molar-refractivity contribution in [2.24, 2.45) is 0 Å². The van der Waals surface area contributed by atoms with E-state index in [0.717, 1.165) is 11.1 Å². The van der Waals surface area contributed by atoms with Gasteiger partial charge in [-0.3, -0.25) is 4.89 Å². The molecule has 0 heterocycles. The smallest absolute Gasteiger partial charge is 0.293 e. The molecule has 1 rings (SSSR count). The summed E-state index contributed by atoms with van der Waals surface area (Å²) in [5, 5.41) is 0. The summed E-state index contributed by atoms with van der Waals surface area (Å²) in [7, 11) is 0. The maximum Gasteiger partial charge on any atom is 0.373 e. The van der Waals surface area contributed by atoms with Gasteiger partial charge in [-0.05, 0) is 32.4 Å². The van der Waals surface area contributed by atoms with Gasteiger partial charge < -0.3 is 0 Å². The molecule has 0 spiro atoms. The van der Waals surface area contributed by atoms with Crippen LogP contribution in [0.2, 0.25) is 0 Å². The molecule has 3 nitrogen and oxygen atoms in total. The monoisotopic (exact) mass is 193 g/mol. The van der Waals surface area contributed by atoms with E-state index in [9.17, 15) is 4.79 Å². The SMILES string of the molecule is [CH2]COOC(=O)c1cc(C)ccc1C. The molecule has 75 valence electrons. The Labute approximate surface area is 83.6 Å². The van der Waals surface area contributed by atoms with Crippen molar-refractivity contribution in [3.05, 3.63) is 41.8 Å². The zero-order valence-corrected chi connectivity index (χ0v) is 8.37. The highest BCUT2D eigenvalue weighted by molar-refractivity contribution is 5.90. The molecule has 3 heteroatoms. The summed E-state index contributed by atoms with van der Waals surface area (Å²) in [4.78, 5) is 20.4. The number of rotatable bonds is 3. The standard InChI is InChI=1S/C11H13O3/c1-4-13-14-11(12)10-7-8(2)5-6-9(10)3/h5-7H,1,4H2,2-3H3. The minimum absolute atomic E-state index is 0.108. The molecule has 0 aliphatic carbocycles. The minimum Gasteiger partial charge on any atom is -0.293 e. The Kier molecular flexibility index (Phi) is 3.65. The van der Waals surface area contributed by atoms with E-state index >= 15 is 0 Å². The Hall–Kier alpha value is -1.35. The Morgan fingerprint density at radius 1 is 1.43 bits per heavy atom. The van der Waals surface area contributed by atoms with Crippen LogP contribution < -0.4 is 0 Å². The molecule has 0 fully saturated rings. The third-order valence-electron chi connectivity index (χ3n) is 1.83. The van der Waals surface area contributed by atoms with Crippen molar-refractivity contribution >= 4 is 5.97 Å². The van der Waals surface area contributed by atoms with Crippen LogP contribution in [0.15, 0.2) is 18.2 Å². The van der Waals surface area contributed by atoms with Gasteiger partial charge in [0.15, 0.2) is 0 Å². The molecule has 0 saturated heterocycles. The van der Waals surface area contributed by atoms with Gasteiger partial charge in [-0.15, -0.1) is 0 Å². The Bertz CT molecular complexity index is 331. The first-order valence-corrected chi connectivity index (χ1v) is 4.35. The van der Waals surface area contributed by atoms with Gasteiger partial charge in [0.1, 0.15) is 0 Å². The molecule has 1 radical (unpaired) electrons. The Balaban J connectivity index is 2.83. The summed E-state index contributed by atoms with van der Waals surface area (Å²) >= 11 is 0. The summed E-state index contributed by atoms with van der Waals surface area (Å²) in [6.07, 6.45) is 0. The molecule has 0 aliphatic heterocycles. The zero-order chi connectivity index (χ0) is 10.6. The van der Waals surface area contributed by atoms with Crippen LogP contribution in [0.3, 0.4) is 0 Å². The van der Waals surface area contributed by atoms with Crippen LogP contribution in [0.25, 0.3) is 0 Å². The van der Waals surface area contributed by atoms with Crippen molar-refractivity contribution in [3.63, 3.8) is 0 Å². The molecule has 0 bridgehead atoms. The van der Waals surface area contributed by atoms with Crippen molar-refractivity contribution in [1.29, 1.82) is 0 Å². The van der Waals surface area contributed by atoms with Gasteiger partial charge in [-0.1, -0.05) is 17.7 Å². The van der Waals surface area contributed by atoms with Gasteiger partial charge in [0, 0.05) is 0 Å². The van der Waals surface area contributed by atoms with Gasteiger partial charge in [0.25, 0.3) is 0 Å². The molecule has 0 N–H and O–H groups in total. The van der Waals surface area contributed by atoms with Crippen LogP contribution in [0, 0.1) is 20.8 Å². The van der Waals surface area contributed by atoms with Crippen molar-refractivity contribution in [1.82, 2.24) is 0 Å². The third kappa shape index (κ3) is 2.57. The molecule has 0 aromatic heterocycles. The van der Waals surface area contributed by atoms with Crippen molar-refractivity contribution in [2.75, 3.05) is 6.61 Å². The van der Waals surface area contributed by atoms with Gasteiger partial charge in [-0.25, -0.2) is 4.79 Å². The average Bonchev–Trinajstić information content (AvgIpc) is 2.18. The lowest BCUT2D eigenvalue weighted by molar-refractivity contribution is -0.232. The topological polar surface area (TPSA) is 35.5 Å². The van der Waals surface area contributed by atoms with E-state index in [1.54, 1.807) is 6.07 Å². The summed E-state index contributed by atoms with van der Waals surface area (Å²) < 4.78 is 0. The quantitative estimate of drug-likeness (QED) is 0.545. The van der Waals surface area contributed by atoms with Crippen molar-refractivity contribution in [2.45, 2.75) is 13.8 Å². The van der Waals surface area contributed by atoms with Gasteiger partial charge in [0.05, 0.1) is 12.2 Å². The van der Waals surface area contributed by atoms with E-state index in [4.69, 9.17) is 0 Å². The first-order valence-electron chi connectivity index (χ1n) is 4.35. The second kappa shape index (κ2) is 4.77. The third-order valence-corrected chi connectivity index (χ3v) is 1.83. The maximum absolute atomic E-state index is 11.4. The van der Waals surface area contributed by atoms with Gasteiger partial charge >= 0.3 is 5.97 Å². The number of aryl methyl sites for hydroxylation is 2. The fourth-order valence-corrected chi connectivity index (χ4v) is 1.10. The normalized spacial score (nSPS) is 9.93. The summed E-state index contributed by atoms with van der Waals surface area (Å²) in [5.74, 6) is -0.477. The first kappa shape index (κ1) is 10.7. The van der Waals surface area contributed by atoms with Crippen LogP contribution in [0.1, 0.15) is 21.5 Å². The number of carbonyl (C=O) groups is 1. The Morgan fingerprint density at radius 3 is 2.79 bits per heavy atom. The van der Waals surface area contributed by atoms with Crippen LogP contribution in [-0.2, 0) is 9.78 Å². The number of hydrogen-bond acceptors (Lipinski definition) is 3. The zero-order valence-electron chi connectivity index (χ0n) is 8.37. The van der Waals surface area contributed by atoms with E-state index < -0.39 is 5.97 Å². The molecule has 0 aliphatic rings. The number of carbonyl (C=O) groups excluding carboxylic acids is 1. The fraction of sp³-hybridized carbons (Fsp3) is 0.273. The van der Waals surface area contributed by atoms with Crippen molar-refractivity contribution < 1.29 is 14.6 Å². The molecule has 1 aromatic carbocycles. The summed E-state index contributed by atoms with van der Waals surface area (Å²) in [5.41, 5.74) is 2.41. The average molecular weight is 193 g/mol. The summed E-state index contributed by atoms with van der Waals surface area (Å²) in [6, 6.07) is 5.58. The van der Waals surface area contributed by atoms with E-state index in [1.807, 2.05) is 26.0 Å². The van der Waals surface area contributed by atoms with Gasteiger partial charge in [-0.2, -0.15) is 4.89 Å². The molecule has 0 amide bonds. The highest BCUT2D eigenvalue weighted by Crippen LogP contribution is 2.11. The predicted octanol–water partition coefficient (Wildman–Crippen LogP) is 2.23. The second-order valence-corrected chi connectivity index (χ2v) is 3.01. The van der Waals surface area contributed by atoms with E-state index in [2.05, 4.69) is 16.7 Å². The van der Waals surface area contributed by atoms with Crippen LogP contribution >= 0.6 is 0 Å². The molecule has 14 heavy (non-hydrogen) atoms. The lowest BCUT2D eigenvalue weighted by atomic mass is 10.1. The van der Waals surface area contributed by atoms with Crippen LogP contribution in [-0.4, -0.2) is 12.6 Å². The number of hydrogen-bond donors (Lipinski definition) is 0. The lowest BCUT2D eigenvalue weighted by Gasteiger charge is -2.05. The minimum atomic E-state index is -0.477. The fourth-order valence-electron chi connectivity index (χ4n) is 1.10. The Morgan fingerprint density at radius 2 is 2.14 bits per heavy atom.